The van der Waals surface area contributed by atoms with Gasteiger partial charge in [0, 0.05) is 29.2 Å². The van der Waals surface area contributed by atoms with E-state index in [1.165, 1.54) is 0 Å². The number of anilines is 3. The molecular formula is C27H26N4O2. The Balaban J connectivity index is 1.22. The third-order valence-corrected chi connectivity index (χ3v) is 4.68. The minimum absolute atomic E-state index is 0.104. The van der Waals surface area contributed by atoms with Crippen LogP contribution < -0.4 is 25.4 Å². The van der Waals surface area contributed by atoms with Gasteiger partial charge in [0.05, 0.1) is 18.7 Å². The first-order valence-corrected chi connectivity index (χ1v) is 10.7. The summed E-state index contributed by atoms with van der Waals surface area (Å²) in [7, 11) is 0. The predicted molar refractivity (Wildman–Crippen MR) is 136 cm³/mol. The molecule has 3 N–H and O–H groups in total. The summed E-state index contributed by atoms with van der Waals surface area (Å²) in [5.41, 5.74) is 3.79. The molecule has 0 heterocycles. The maximum Gasteiger partial charge on any atom is 0.230 e. The molecule has 0 aliphatic heterocycles. The van der Waals surface area contributed by atoms with Crippen molar-refractivity contribution in [1.82, 2.24) is 0 Å². The van der Waals surface area contributed by atoms with Crippen molar-refractivity contribution in [2.45, 2.75) is 0 Å². The van der Waals surface area contributed by atoms with E-state index in [-0.39, 0.29) is 6.79 Å². The van der Waals surface area contributed by atoms with Crippen LogP contribution in [0.15, 0.2) is 114 Å². The van der Waals surface area contributed by atoms with Crippen molar-refractivity contribution in [2.24, 2.45) is 4.99 Å². The highest BCUT2D eigenvalue weighted by Gasteiger charge is 2.00. The van der Waals surface area contributed by atoms with Crippen LogP contribution >= 0.6 is 0 Å². The van der Waals surface area contributed by atoms with Crippen molar-refractivity contribution >= 4 is 29.1 Å². The van der Waals surface area contributed by atoms with Gasteiger partial charge in [-0.25, -0.2) is 4.99 Å². The summed E-state index contributed by atoms with van der Waals surface area (Å²) in [6, 6.07) is 35.2. The molecule has 4 aromatic rings. The third-order valence-electron chi connectivity index (χ3n) is 4.68. The number of benzene rings is 4. The van der Waals surface area contributed by atoms with Gasteiger partial charge in [-0.2, -0.15) is 0 Å². The normalized spacial score (nSPS) is 10.5. The molecule has 0 radical (unpaired) electrons. The van der Waals surface area contributed by atoms with Crippen molar-refractivity contribution in [3.63, 3.8) is 0 Å². The fourth-order valence-electron chi connectivity index (χ4n) is 3.04. The average molecular weight is 439 g/mol. The molecule has 0 atom stereocenters. The maximum atomic E-state index is 5.76. The van der Waals surface area contributed by atoms with Crippen LogP contribution in [-0.2, 0) is 0 Å². The molecule has 0 fully saturated rings. The number of nitrogens with one attached hydrogen (secondary N) is 3. The number of rotatable bonds is 11. The number of hydrogen-bond acceptors (Lipinski definition) is 5. The topological polar surface area (TPSA) is 66.9 Å². The van der Waals surface area contributed by atoms with Crippen LogP contribution in [0.3, 0.4) is 0 Å². The van der Waals surface area contributed by atoms with Crippen molar-refractivity contribution in [3.05, 3.63) is 109 Å². The molecule has 0 saturated heterocycles. The van der Waals surface area contributed by atoms with E-state index in [0.29, 0.717) is 12.4 Å². The van der Waals surface area contributed by atoms with Crippen LogP contribution in [0.4, 0.5) is 22.7 Å². The van der Waals surface area contributed by atoms with E-state index >= 15 is 0 Å². The molecule has 0 spiro atoms. The van der Waals surface area contributed by atoms with E-state index < -0.39 is 0 Å². The molecule has 6 heteroatoms. The van der Waals surface area contributed by atoms with E-state index in [1.807, 2.05) is 109 Å². The molecule has 33 heavy (non-hydrogen) atoms. The fraction of sp³-hybridized carbons (Fsp3) is 0.0741. The van der Waals surface area contributed by atoms with E-state index in [0.717, 1.165) is 28.5 Å². The highest BCUT2D eigenvalue weighted by Crippen LogP contribution is 2.20. The van der Waals surface area contributed by atoms with Crippen molar-refractivity contribution in [2.75, 3.05) is 29.4 Å². The van der Waals surface area contributed by atoms with Crippen LogP contribution in [0.2, 0.25) is 0 Å². The molecule has 0 aromatic heterocycles. The lowest BCUT2D eigenvalue weighted by atomic mass is 10.3. The Bertz CT molecular complexity index is 1150. The molecule has 4 rings (SSSR count). The molecule has 0 saturated carbocycles. The summed E-state index contributed by atoms with van der Waals surface area (Å²) >= 11 is 0. The number of ether oxygens (including phenoxy) is 2. The molecule has 166 valence electrons. The van der Waals surface area contributed by atoms with Crippen LogP contribution in [0.1, 0.15) is 0 Å². The maximum absolute atomic E-state index is 5.76. The van der Waals surface area contributed by atoms with Gasteiger partial charge in [0.25, 0.3) is 0 Å². The van der Waals surface area contributed by atoms with Crippen LogP contribution in [0, 0.1) is 0 Å². The van der Waals surface area contributed by atoms with Gasteiger partial charge in [-0.1, -0.05) is 48.5 Å². The Labute approximate surface area is 193 Å². The SMILES string of the molecule is C(=Nc1ccccc1)Nc1cccc(OCOc2cccc(NCNc3ccccc3)c2)c1. The van der Waals surface area contributed by atoms with E-state index in [4.69, 9.17) is 9.47 Å². The van der Waals surface area contributed by atoms with E-state index in [1.54, 1.807) is 6.34 Å². The van der Waals surface area contributed by atoms with E-state index in [9.17, 15) is 0 Å². The molecule has 0 unspecified atom stereocenters. The largest absolute Gasteiger partial charge is 0.457 e. The van der Waals surface area contributed by atoms with Crippen LogP contribution in [-0.4, -0.2) is 19.8 Å². The molecule has 0 bridgehead atoms. The number of hydrogen-bond donors (Lipinski definition) is 3. The third kappa shape index (κ3) is 7.33. The Morgan fingerprint density at radius 1 is 0.606 bits per heavy atom. The van der Waals surface area contributed by atoms with Gasteiger partial charge in [0.1, 0.15) is 11.5 Å². The van der Waals surface area contributed by atoms with Gasteiger partial charge >= 0.3 is 0 Å². The highest BCUT2D eigenvalue weighted by molar-refractivity contribution is 5.78. The first-order valence-electron chi connectivity index (χ1n) is 10.7. The summed E-state index contributed by atoms with van der Waals surface area (Å²) in [5.74, 6) is 1.43. The quantitative estimate of drug-likeness (QED) is 0.145. The summed E-state index contributed by atoms with van der Waals surface area (Å²) in [6.07, 6.45) is 1.66. The van der Waals surface area contributed by atoms with Gasteiger partial charge in [0.15, 0.2) is 0 Å². The first kappa shape index (κ1) is 21.8. The smallest absolute Gasteiger partial charge is 0.230 e. The standard InChI is InChI=1S/C27H26N4O2/c1-3-9-22(10-4-1)28-19-30-24-13-7-15-26(17-24)32-21-33-27-16-8-14-25(18-27)31-20-29-23-11-5-2-6-12-23/h1-19,29,31H,20-21H2,(H,28,30). The lowest BCUT2D eigenvalue weighted by Gasteiger charge is -2.12. The minimum Gasteiger partial charge on any atom is -0.457 e. The first-order chi connectivity index (χ1) is 16.3. The summed E-state index contributed by atoms with van der Waals surface area (Å²) in [5, 5.41) is 9.80. The molecule has 6 nitrogen and oxygen atoms in total. The molecule has 0 aliphatic rings. The highest BCUT2D eigenvalue weighted by atomic mass is 16.7. The molecular weight excluding hydrogens is 412 g/mol. The Kier molecular flexibility index (Phi) is 7.79. The van der Waals surface area contributed by atoms with Crippen LogP contribution in [0.25, 0.3) is 0 Å². The lowest BCUT2D eigenvalue weighted by molar-refractivity contribution is 0.120. The van der Waals surface area contributed by atoms with Crippen molar-refractivity contribution in [3.8, 4) is 11.5 Å². The summed E-state index contributed by atoms with van der Waals surface area (Å²) in [6.45, 7) is 0.713. The van der Waals surface area contributed by atoms with E-state index in [2.05, 4.69) is 20.9 Å². The Hall–Kier alpha value is -4.45. The Morgan fingerprint density at radius 2 is 1.18 bits per heavy atom. The van der Waals surface area contributed by atoms with Crippen molar-refractivity contribution in [1.29, 1.82) is 0 Å². The second-order valence-corrected chi connectivity index (χ2v) is 7.10. The number of aliphatic imine (C=N–C) groups is 1. The van der Waals surface area contributed by atoms with Gasteiger partial charge < -0.3 is 25.4 Å². The zero-order valence-corrected chi connectivity index (χ0v) is 18.1. The second-order valence-electron chi connectivity index (χ2n) is 7.10. The zero-order valence-electron chi connectivity index (χ0n) is 18.1. The van der Waals surface area contributed by atoms with Crippen molar-refractivity contribution < 1.29 is 9.47 Å². The average Bonchev–Trinajstić information content (AvgIpc) is 2.86. The second kappa shape index (κ2) is 11.8. The Morgan fingerprint density at radius 3 is 1.91 bits per heavy atom. The predicted octanol–water partition coefficient (Wildman–Crippen LogP) is 6.36. The fourth-order valence-corrected chi connectivity index (χ4v) is 3.04. The van der Waals surface area contributed by atoms with Gasteiger partial charge in [0.2, 0.25) is 6.79 Å². The van der Waals surface area contributed by atoms with Crippen LogP contribution in [0.5, 0.6) is 11.5 Å². The lowest BCUT2D eigenvalue weighted by Crippen LogP contribution is -2.11. The van der Waals surface area contributed by atoms with Gasteiger partial charge in [-0.05, 0) is 48.5 Å². The number of para-hydroxylation sites is 2. The minimum atomic E-state index is 0.104. The van der Waals surface area contributed by atoms with Gasteiger partial charge in [-0.3, -0.25) is 0 Å². The monoisotopic (exact) mass is 438 g/mol. The molecule has 4 aromatic carbocycles. The summed E-state index contributed by atoms with van der Waals surface area (Å²) in [4.78, 5) is 4.37. The van der Waals surface area contributed by atoms with Gasteiger partial charge in [-0.15, -0.1) is 0 Å². The summed E-state index contributed by atoms with van der Waals surface area (Å²) < 4.78 is 11.5. The zero-order chi connectivity index (χ0) is 22.6. The molecule has 0 amide bonds. The number of nitrogens with zero attached hydrogens (tertiary/aromatic N) is 1. The molecule has 0 aliphatic carbocycles.